The Bertz CT molecular complexity index is 1020. The summed E-state index contributed by atoms with van der Waals surface area (Å²) in [7, 11) is -3.73. The fourth-order valence-corrected chi connectivity index (χ4v) is 4.97. The molecule has 1 fully saturated rings. The number of hydrogen-bond donors (Lipinski definition) is 1. The van der Waals surface area contributed by atoms with Crippen LogP contribution in [0.2, 0.25) is 0 Å². The molecule has 2 aromatic rings. The van der Waals surface area contributed by atoms with Crippen molar-refractivity contribution in [3.05, 3.63) is 65.0 Å². The van der Waals surface area contributed by atoms with Crippen LogP contribution >= 0.6 is 0 Å². The molecule has 1 amide bonds. The summed E-state index contributed by atoms with van der Waals surface area (Å²) in [5.41, 5.74) is 3.45. The van der Waals surface area contributed by atoms with E-state index in [2.05, 4.69) is 18.3 Å². The van der Waals surface area contributed by atoms with Crippen LogP contribution in [0.25, 0.3) is 0 Å². The molecule has 30 heavy (non-hydrogen) atoms. The first-order chi connectivity index (χ1) is 14.2. The number of aryl methyl sites for hydroxylation is 2. The highest BCUT2D eigenvalue weighted by atomic mass is 32.2. The largest absolute Gasteiger partial charge is 0.348 e. The van der Waals surface area contributed by atoms with Gasteiger partial charge in [-0.2, -0.15) is 4.31 Å². The molecule has 0 spiro atoms. The van der Waals surface area contributed by atoms with Gasteiger partial charge in [-0.15, -0.1) is 0 Å². The topological polar surface area (TPSA) is 69.7 Å². The van der Waals surface area contributed by atoms with Crippen LogP contribution in [0, 0.1) is 19.7 Å². The van der Waals surface area contributed by atoms with Gasteiger partial charge < -0.3 is 5.32 Å². The van der Waals surface area contributed by atoms with Gasteiger partial charge in [-0.1, -0.05) is 24.3 Å². The Morgan fingerprint density at radius 2 is 1.77 bits per heavy atom. The third-order valence-electron chi connectivity index (χ3n) is 5.54. The van der Waals surface area contributed by atoms with Gasteiger partial charge >= 0.3 is 0 Å². The quantitative estimate of drug-likeness (QED) is 0.760. The molecule has 0 saturated carbocycles. The van der Waals surface area contributed by atoms with Gasteiger partial charge in [-0.05, 0) is 55.7 Å². The molecule has 1 atom stereocenters. The summed E-state index contributed by atoms with van der Waals surface area (Å²) in [6.07, 6.45) is 0. The summed E-state index contributed by atoms with van der Waals surface area (Å²) >= 11 is 0. The number of rotatable bonds is 6. The Morgan fingerprint density at radius 1 is 1.07 bits per heavy atom. The van der Waals surface area contributed by atoms with Crippen molar-refractivity contribution in [1.82, 2.24) is 14.5 Å². The average Bonchev–Trinajstić information content (AvgIpc) is 2.70. The van der Waals surface area contributed by atoms with E-state index < -0.39 is 15.8 Å². The van der Waals surface area contributed by atoms with Gasteiger partial charge in [0, 0.05) is 26.2 Å². The van der Waals surface area contributed by atoms with Crippen LogP contribution in [0.15, 0.2) is 47.4 Å². The standard InChI is InChI=1S/C22H28FN3O3S/c1-16-7-8-19(13-17(16)2)18(3)24-22(27)15-25-9-11-26(12-10-25)30(28,29)21-6-4-5-20(23)14-21/h4-8,13-14,18H,9-12,15H2,1-3H3,(H,24,27). The number of nitrogens with one attached hydrogen (secondary N) is 1. The summed E-state index contributed by atoms with van der Waals surface area (Å²) in [6, 6.07) is 11.1. The summed E-state index contributed by atoms with van der Waals surface area (Å²) in [5, 5.41) is 3.01. The first-order valence-electron chi connectivity index (χ1n) is 10.0. The predicted molar refractivity (Wildman–Crippen MR) is 114 cm³/mol. The van der Waals surface area contributed by atoms with E-state index in [0.29, 0.717) is 13.1 Å². The molecular formula is C22H28FN3O3S. The highest BCUT2D eigenvalue weighted by Crippen LogP contribution is 2.19. The maximum Gasteiger partial charge on any atom is 0.243 e. The lowest BCUT2D eigenvalue weighted by Gasteiger charge is -2.33. The number of carbonyl (C=O) groups excluding carboxylic acids is 1. The van der Waals surface area contributed by atoms with Gasteiger partial charge in [0.05, 0.1) is 17.5 Å². The molecule has 1 N–H and O–H groups in total. The van der Waals surface area contributed by atoms with Gasteiger partial charge in [-0.3, -0.25) is 9.69 Å². The molecule has 1 heterocycles. The SMILES string of the molecule is Cc1ccc(C(C)NC(=O)CN2CCN(S(=O)(=O)c3cccc(F)c3)CC2)cc1C. The number of amides is 1. The van der Waals surface area contributed by atoms with Crippen LogP contribution in [0.1, 0.15) is 29.7 Å². The lowest BCUT2D eigenvalue weighted by molar-refractivity contribution is -0.123. The van der Waals surface area contributed by atoms with Crippen molar-refractivity contribution in [3.63, 3.8) is 0 Å². The van der Waals surface area contributed by atoms with Crippen LogP contribution in [0.4, 0.5) is 4.39 Å². The fraction of sp³-hybridized carbons (Fsp3) is 0.409. The lowest BCUT2D eigenvalue weighted by atomic mass is 10.0. The molecule has 1 saturated heterocycles. The van der Waals surface area contributed by atoms with Crippen molar-refractivity contribution < 1.29 is 17.6 Å². The van der Waals surface area contributed by atoms with Crippen molar-refractivity contribution in [2.45, 2.75) is 31.7 Å². The average molecular weight is 434 g/mol. The number of hydrogen-bond acceptors (Lipinski definition) is 4. The van der Waals surface area contributed by atoms with Crippen molar-refractivity contribution >= 4 is 15.9 Å². The van der Waals surface area contributed by atoms with Gasteiger partial charge in [0.1, 0.15) is 5.82 Å². The molecule has 3 rings (SSSR count). The zero-order valence-corrected chi connectivity index (χ0v) is 18.4. The summed E-state index contributed by atoms with van der Waals surface area (Å²) in [6.45, 7) is 7.67. The van der Waals surface area contributed by atoms with Crippen LogP contribution in [-0.4, -0.2) is 56.3 Å². The van der Waals surface area contributed by atoms with Gasteiger partial charge in [0.25, 0.3) is 0 Å². The zero-order valence-electron chi connectivity index (χ0n) is 17.6. The van der Waals surface area contributed by atoms with E-state index in [0.717, 1.165) is 11.6 Å². The Labute approximate surface area is 177 Å². The zero-order chi connectivity index (χ0) is 21.9. The molecule has 1 aliphatic heterocycles. The van der Waals surface area contributed by atoms with Crippen LogP contribution < -0.4 is 5.32 Å². The second-order valence-electron chi connectivity index (χ2n) is 7.77. The number of halogens is 1. The number of carbonyl (C=O) groups is 1. The maximum atomic E-state index is 13.4. The molecule has 8 heteroatoms. The molecule has 0 aliphatic carbocycles. The number of sulfonamides is 1. The molecule has 1 aliphatic rings. The van der Waals surface area contributed by atoms with Crippen LogP contribution in [0.3, 0.4) is 0 Å². The second-order valence-corrected chi connectivity index (χ2v) is 9.71. The molecular weight excluding hydrogens is 405 g/mol. The highest BCUT2D eigenvalue weighted by molar-refractivity contribution is 7.89. The summed E-state index contributed by atoms with van der Waals surface area (Å²) in [4.78, 5) is 14.3. The van der Waals surface area contributed by atoms with Crippen molar-refractivity contribution in [1.29, 1.82) is 0 Å². The molecule has 0 aromatic heterocycles. The minimum absolute atomic E-state index is 0.0455. The number of nitrogens with zero attached hydrogens (tertiary/aromatic N) is 2. The summed E-state index contributed by atoms with van der Waals surface area (Å²) < 4.78 is 40.1. The second kappa shape index (κ2) is 9.24. The minimum Gasteiger partial charge on any atom is -0.348 e. The van der Waals surface area contributed by atoms with Crippen molar-refractivity contribution in [3.8, 4) is 0 Å². The van der Waals surface area contributed by atoms with E-state index in [1.54, 1.807) is 0 Å². The van der Waals surface area contributed by atoms with Gasteiger partial charge in [-0.25, -0.2) is 12.8 Å². The van der Waals surface area contributed by atoms with Crippen LogP contribution in [-0.2, 0) is 14.8 Å². The van der Waals surface area contributed by atoms with Crippen molar-refractivity contribution in [2.75, 3.05) is 32.7 Å². The first kappa shape index (κ1) is 22.4. The Kier molecular flexibility index (Phi) is 6.90. The van der Waals surface area contributed by atoms with Crippen LogP contribution in [0.5, 0.6) is 0 Å². The third-order valence-corrected chi connectivity index (χ3v) is 7.44. The molecule has 0 bridgehead atoms. The van der Waals surface area contributed by atoms with E-state index in [-0.39, 0.29) is 36.5 Å². The smallest absolute Gasteiger partial charge is 0.243 e. The molecule has 0 radical (unpaired) electrons. The van der Waals surface area contributed by atoms with E-state index >= 15 is 0 Å². The first-order valence-corrected chi connectivity index (χ1v) is 11.5. The third kappa shape index (κ3) is 5.24. The van der Waals surface area contributed by atoms with E-state index in [9.17, 15) is 17.6 Å². The minimum atomic E-state index is -3.73. The summed E-state index contributed by atoms with van der Waals surface area (Å²) in [5.74, 6) is -0.675. The van der Waals surface area contributed by atoms with E-state index in [1.165, 1.54) is 33.6 Å². The maximum absolute atomic E-state index is 13.4. The molecule has 1 unspecified atom stereocenters. The van der Waals surface area contributed by atoms with E-state index in [4.69, 9.17) is 0 Å². The monoisotopic (exact) mass is 433 g/mol. The molecule has 2 aromatic carbocycles. The molecule has 6 nitrogen and oxygen atoms in total. The van der Waals surface area contributed by atoms with E-state index in [1.807, 2.05) is 30.9 Å². The fourth-order valence-electron chi connectivity index (χ4n) is 3.51. The normalized spacial score (nSPS) is 16.9. The Balaban J connectivity index is 1.52. The Morgan fingerprint density at radius 3 is 2.40 bits per heavy atom. The number of benzene rings is 2. The highest BCUT2D eigenvalue weighted by Gasteiger charge is 2.29. The van der Waals surface area contributed by atoms with Crippen molar-refractivity contribution in [2.24, 2.45) is 0 Å². The van der Waals surface area contributed by atoms with Gasteiger partial charge in [0.15, 0.2) is 0 Å². The lowest BCUT2D eigenvalue weighted by Crippen LogP contribution is -2.51. The molecule has 162 valence electrons. The predicted octanol–water partition coefficient (Wildman–Crippen LogP) is 2.63. The number of piperazine rings is 1. The van der Waals surface area contributed by atoms with Gasteiger partial charge in [0.2, 0.25) is 15.9 Å². The Hall–Kier alpha value is -2.29.